The number of benzene rings is 1. The van der Waals surface area contributed by atoms with Crippen molar-refractivity contribution in [1.29, 1.82) is 0 Å². The third-order valence-corrected chi connectivity index (χ3v) is 5.22. The van der Waals surface area contributed by atoms with E-state index in [1.54, 1.807) is 47.8 Å². The fourth-order valence-electron chi connectivity index (χ4n) is 2.00. The Bertz CT molecular complexity index is 629. The predicted octanol–water partition coefficient (Wildman–Crippen LogP) is 5.40. The van der Waals surface area contributed by atoms with E-state index in [4.69, 9.17) is 9.47 Å². The normalized spacial score (nSPS) is 10.1. The third kappa shape index (κ3) is 10.6. The molecule has 0 saturated carbocycles. The summed E-state index contributed by atoms with van der Waals surface area (Å²) < 4.78 is 10.6. The van der Waals surface area contributed by atoms with Crippen LogP contribution in [0.2, 0.25) is 0 Å². The monoisotopic (exact) mass is 422 g/mol. The largest absolute Gasteiger partial charge is 0.461 e. The molecule has 0 amide bonds. The van der Waals surface area contributed by atoms with Crippen LogP contribution >= 0.6 is 23.5 Å². The number of ether oxygens (including phenoxy) is 2. The van der Waals surface area contributed by atoms with Gasteiger partial charge in [-0.05, 0) is 39.8 Å². The molecule has 0 spiro atoms. The second-order valence-corrected chi connectivity index (χ2v) is 8.83. The van der Waals surface area contributed by atoms with E-state index < -0.39 is 11.9 Å². The van der Waals surface area contributed by atoms with Crippen LogP contribution in [0.4, 0.5) is 0 Å². The molecular formula is C22H30O4S2. The first-order chi connectivity index (χ1) is 13.4. The minimum absolute atomic E-state index is 0.249. The van der Waals surface area contributed by atoms with Crippen LogP contribution in [0.25, 0.3) is 0 Å². The topological polar surface area (TPSA) is 52.6 Å². The average molecular weight is 423 g/mol. The van der Waals surface area contributed by atoms with Gasteiger partial charge in [0, 0.05) is 23.0 Å². The van der Waals surface area contributed by atoms with Crippen molar-refractivity contribution in [3.63, 3.8) is 0 Å². The van der Waals surface area contributed by atoms with Crippen LogP contribution in [0.5, 0.6) is 0 Å². The maximum atomic E-state index is 12.3. The number of esters is 2. The highest BCUT2D eigenvalue weighted by Gasteiger charge is 2.18. The average Bonchev–Trinajstić information content (AvgIpc) is 2.66. The molecule has 154 valence electrons. The van der Waals surface area contributed by atoms with Crippen LogP contribution < -0.4 is 0 Å². The lowest BCUT2D eigenvalue weighted by molar-refractivity contribution is 0.0483. The zero-order valence-corrected chi connectivity index (χ0v) is 18.8. The van der Waals surface area contributed by atoms with Gasteiger partial charge >= 0.3 is 11.9 Å². The van der Waals surface area contributed by atoms with Crippen molar-refractivity contribution in [2.75, 3.05) is 36.2 Å². The van der Waals surface area contributed by atoms with Gasteiger partial charge in [0.05, 0.1) is 11.1 Å². The van der Waals surface area contributed by atoms with E-state index in [-0.39, 0.29) is 11.1 Å². The highest BCUT2D eigenvalue weighted by molar-refractivity contribution is 7.99. The van der Waals surface area contributed by atoms with E-state index in [0.717, 1.165) is 11.5 Å². The quantitative estimate of drug-likeness (QED) is 0.255. The first-order valence-electron chi connectivity index (χ1n) is 9.27. The Morgan fingerprint density at radius 2 is 1.18 bits per heavy atom. The van der Waals surface area contributed by atoms with E-state index >= 15 is 0 Å². The second-order valence-electron chi connectivity index (χ2n) is 6.53. The standard InChI is InChI=1S/C22H30O4S2/c1-17(2)9-13-27-15-11-25-21(23)19-7-5-6-8-20(19)22(24)26-12-16-28-14-10-18(3)4/h5-10H,11-16H2,1-4H3. The van der Waals surface area contributed by atoms with Gasteiger partial charge in [-0.1, -0.05) is 35.4 Å². The number of rotatable bonds is 12. The molecule has 0 radical (unpaired) electrons. The molecule has 0 bridgehead atoms. The predicted molar refractivity (Wildman–Crippen MR) is 121 cm³/mol. The Morgan fingerprint density at radius 3 is 1.54 bits per heavy atom. The lowest BCUT2D eigenvalue weighted by Crippen LogP contribution is -2.16. The molecule has 0 aliphatic carbocycles. The minimum atomic E-state index is -0.492. The van der Waals surface area contributed by atoms with Crippen LogP contribution in [0, 0.1) is 0 Å². The van der Waals surface area contributed by atoms with Crippen LogP contribution in [0.3, 0.4) is 0 Å². The number of thioether (sulfide) groups is 2. The summed E-state index contributed by atoms with van der Waals surface area (Å²) in [5, 5.41) is 0. The van der Waals surface area contributed by atoms with Gasteiger partial charge in [-0.2, -0.15) is 23.5 Å². The maximum absolute atomic E-state index is 12.3. The van der Waals surface area contributed by atoms with E-state index in [9.17, 15) is 9.59 Å². The zero-order valence-electron chi connectivity index (χ0n) is 17.2. The molecule has 0 saturated heterocycles. The van der Waals surface area contributed by atoms with Gasteiger partial charge in [0.2, 0.25) is 0 Å². The Labute approximate surface area is 177 Å². The summed E-state index contributed by atoms with van der Waals surface area (Å²) in [5.41, 5.74) is 3.04. The molecule has 28 heavy (non-hydrogen) atoms. The lowest BCUT2D eigenvalue weighted by Gasteiger charge is -2.09. The molecule has 0 aliphatic heterocycles. The number of carbonyl (C=O) groups is 2. The molecule has 1 rings (SSSR count). The lowest BCUT2D eigenvalue weighted by atomic mass is 10.1. The first kappa shape index (κ1) is 24.4. The Balaban J connectivity index is 2.45. The summed E-state index contributed by atoms with van der Waals surface area (Å²) >= 11 is 3.39. The molecular weight excluding hydrogens is 392 g/mol. The van der Waals surface area contributed by atoms with Crippen molar-refractivity contribution in [3.8, 4) is 0 Å². The molecule has 0 aliphatic rings. The van der Waals surface area contributed by atoms with Crippen molar-refractivity contribution in [1.82, 2.24) is 0 Å². The van der Waals surface area contributed by atoms with Crippen LogP contribution in [0.1, 0.15) is 48.4 Å². The van der Waals surface area contributed by atoms with Crippen molar-refractivity contribution in [2.45, 2.75) is 27.7 Å². The summed E-state index contributed by atoms with van der Waals surface area (Å²) in [6.07, 6.45) is 4.27. The number of allylic oxidation sites excluding steroid dienone is 2. The molecule has 0 unspecified atom stereocenters. The van der Waals surface area contributed by atoms with Crippen molar-refractivity contribution in [3.05, 3.63) is 58.7 Å². The summed E-state index contributed by atoms with van der Waals surface area (Å²) in [6.45, 7) is 8.84. The van der Waals surface area contributed by atoms with Crippen molar-refractivity contribution in [2.24, 2.45) is 0 Å². The fraction of sp³-hybridized carbons (Fsp3) is 0.455. The van der Waals surface area contributed by atoms with Crippen molar-refractivity contribution < 1.29 is 19.1 Å². The fourth-order valence-corrected chi connectivity index (χ4v) is 3.64. The summed E-state index contributed by atoms with van der Waals surface area (Å²) in [5.74, 6) is 2.24. The summed E-state index contributed by atoms with van der Waals surface area (Å²) in [4.78, 5) is 24.7. The second kappa shape index (κ2) is 14.4. The van der Waals surface area contributed by atoms with Crippen LogP contribution in [0.15, 0.2) is 47.6 Å². The minimum Gasteiger partial charge on any atom is -0.461 e. The van der Waals surface area contributed by atoms with Gasteiger partial charge in [0.15, 0.2) is 0 Å². The first-order valence-corrected chi connectivity index (χ1v) is 11.6. The molecule has 1 aromatic rings. The van der Waals surface area contributed by atoms with Crippen LogP contribution in [-0.2, 0) is 9.47 Å². The highest BCUT2D eigenvalue weighted by Crippen LogP contribution is 2.13. The molecule has 0 heterocycles. The molecule has 0 N–H and O–H groups in total. The van der Waals surface area contributed by atoms with Gasteiger partial charge in [-0.15, -0.1) is 0 Å². The van der Waals surface area contributed by atoms with Gasteiger partial charge in [-0.25, -0.2) is 9.59 Å². The summed E-state index contributed by atoms with van der Waals surface area (Å²) in [6, 6.07) is 6.62. The molecule has 1 aromatic carbocycles. The maximum Gasteiger partial charge on any atom is 0.339 e. The van der Waals surface area contributed by atoms with Gasteiger partial charge < -0.3 is 9.47 Å². The van der Waals surface area contributed by atoms with E-state index in [0.29, 0.717) is 24.7 Å². The van der Waals surface area contributed by atoms with Gasteiger partial charge in [0.25, 0.3) is 0 Å². The zero-order chi connectivity index (χ0) is 20.8. The molecule has 6 heteroatoms. The number of hydrogen-bond acceptors (Lipinski definition) is 6. The van der Waals surface area contributed by atoms with E-state index in [1.165, 1.54) is 11.1 Å². The SMILES string of the molecule is CC(C)=CCSCCOC(=O)c1ccccc1C(=O)OCCSCC=C(C)C. The Hall–Kier alpha value is -1.66. The smallest absolute Gasteiger partial charge is 0.339 e. The third-order valence-electron chi connectivity index (χ3n) is 3.51. The highest BCUT2D eigenvalue weighted by atomic mass is 32.2. The van der Waals surface area contributed by atoms with Gasteiger partial charge in [0.1, 0.15) is 13.2 Å². The molecule has 0 atom stereocenters. The van der Waals surface area contributed by atoms with Gasteiger partial charge in [-0.3, -0.25) is 0 Å². The van der Waals surface area contributed by atoms with Crippen molar-refractivity contribution >= 4 is 35.5 Å². The van der Waals surface area contributed by atoms with Crippen LogP contribution in [-0.4, -0.2) is 48.2 Å². The van der Waals surface area contributed by atoms with E-state index in [2.05, 4.69) is 39.8 Å². The molecule has 0 aromatic heterocycles. The number of carbonyl (C=O) groups excluding carboxylic acids is 2. The number of hydrogen-bond donors (Lipinski definition) is 0. The van der Waals surface area contributed by atoms with E-state index in [1.807, 2.05) is 0 Å². The summed E-state index contributed by atoms with van der Waals surface area (Å²) in [7, 11) is 0. The molecule has 4 nitrogen and oxygen atoms in total. The molecule has 0 fully saturated rings. The Kier molecular flexibility index (Phi) is 12.5. The Morgan fingerprint density at radius 1 is 0.786 bits per heavy atom.